The number of benzene rings is 1. The first-order chi connectivity index (χ1) is 10.2. The van der Waals surface area contributed by atoms with Crippen LogP contribution >= 0.6 is 22.9 Å². The first-order valence-corrected chi connectivity index (χ1v) is 7.94. The van der Waals surface area contributed by atoms with E-state index in [-0.39, 0.29) is 5.52 Å². The second kappa shape index (κ2) is 6.07. The van der Waals surface area contributed by atoms with Crippen LogP contribution in [0.5, 0.6) is 0 Å². The molecule has 7 heteroatoms. The summed E-state index contributed by atoms with van der Waals surface area (Å²) >= 11 is 7.30. The summed E-state index contributed by atoms with van der Waals surface area (Å²) in [5.74, 6) is -0.204. The van der Waals surface area contributed by atoms with E-state index >= 15 is 0 Å². The summed E-state index contributed by atoms with van der Waals surface area (Å²) in [5, 5.41) is 1.96. The van der Waals surface area contributed by atoms with E-state index in [9.17, 15) is 8.78 Å². The molecular weight excluding hydrogens is 316 g/mol. The van der Waals surface area contributed by atoms with Gasteiger partial charge in [0.25, 0.3) is 0 Å². The Balaban J connectivity index is 2.02. The van der Waals surface area contributed by atoms with Crippen molar-refractivity contribution in [1.29, 1.82) is 0 Å². The van der Waals surface area contributed by atoms with Crippen LogP contribution in [0.2, 0.25) is 0 Å². The highest BCUT2D eigenvalue weighted by molar-refractivity contribution is 7.07. The highest BCUT2D eigenvalue weighted by atomic mass is 35.5. The molecular formula is C14H12ClF2N3S. The molecule has 2 aromatic heterocycles. The van der Waals surface area contributed by atoms with Gasteiger partial charge < -0.3 is 4.57 Å². The number of aryl methyl sites for hydroxylation is 3. The minimum Gasteiger partial charge on any atom is -0.327 e. The number of hydrogen-bond acceptors (Lipinski definition) is 3. The predicted octanol–water partition coefficient (Wildman–Crippen LogP) is 3.80. The van der Waals surface area contributed by atoms with Gasteiger partial charge in [-0.1, -0.05) is 0 Å². The fourth-order valence-corrected chi connectivity index (χ4v) is 3.07. The molecule has 0 amide bonds. The molecule has 0 aliphatic carbocycles. The van der Waals surface area contributed by atoms with Gasteiger partial charge in [0, 0.05) is 36.7 Å². The topological polar surface area (TPSA) is 30.7 Å². The number of hydrogen-bond donors (Lipinski definition) is 0. The van der Waals surface area contributed by atoms with Crippen molar-refractivity contribution >= 4 is 34.0 Å². The second-order valence-electron chi connectivity index (χ2n) is 4.60. The smallest absolute Gasteiger partial charge is 0.153 e. The first kappa shape index (κ1) is 14.4. The number of nitrogens with zero attached hydrogens (tertiary/aromatic N) is 3. The average molecular weight is 328 g/mol. The predicted molar refractivity (Wildman–Crippen MR) is 79.9 cm³/mol. The average Bonchev–Trinajstić information content (AvgIpc) is 3.05. The molecule has 0 aliphatic heterocycles. The Hall–Kier alpha value is -1.53. The van der Waals surface area contributed by atoms with E-state index in [4.69, 9.17) is 11.6 Å². The van der Waals surface area contributed by atoms with Gasteiger partial charge in [-0.3, -0.25) is 0 Å². The first-order valence-electron chi connectivity index (χ1n) is 6.46. The van der Waals surface area contributed by atoms with Gasteiger partial charge in [-0.25, -0.2) is 18.7 Å². The zero-order valence-corrected chi connectivity index (χ0v) is 12.6. The molecule has 0 bridgehead atoms. The normalized spacial score (nSPS) is 11.4. The standard InChI is InChI=1S/C14H12ClF2N3S/c15-3-1-13-19-14-11(17)5-9(16)6-12(14)20(13)4-2-10-7-21-8-18-10/h5-8H,1-4H2. The Morgan fingerprint density at radius 3 is 2.81 bits per heavy atom. The lowest BCUT2D eigenvalue weighted by molar-refractivity contribution is 0.589. The van der Waals surface area contributed by atoms with E-state index in [0.717, 1.165) is 11.8 Å². The molecule has 2 heterocycles. The van der Waals surface area contributed by atoms with Gasteiger partial charge in [0.15, 0.2) is 5.82 Å². The molecule has 0 unspecified atom stereocenters. The van der Waals surface area contributed by atoms with Gasteiger partial charge in [0.05, 0.1) is 16.7 Å². The molecule has 0 radical (unpaired) electrons. The van der Waals surface area contributed by atoms with Crippen molar-refractivity contribution in [2.24, 2.45) is 0 Å². The Labute approximate surface area is 129 Å². The van der Waals surface area contributed by atoms with Crippen LogP contribution in [0.3, 0.4) is 0 Å². The van der Waals surface area contributed by atoms with Gasteiger partial charge in [-0.05, 0) is 6.07 Å². The third-order valence-electron chi connectivity index (χ3n) is 3.24. The molecule has 1 aromatic carbocycles. The largest absolute Gasteiger partial charge is 0.327 e. The molecule has 0 aliphatic rings. The van der Waals surface area contributed by atoms with Gasteiger partial charge in [0.2, 0.25) is 0 Å². The lowest BCUT2D eigenvalue weighted by Gasteiger charge is -2.07. The Bertz CT molecular complexity index is 755. The molecule has 3 nitrogen and oxygen atoms in total. The number of fused-ring (bicyclic) bond motifs is 1. The van der Waals surface area contributed by atoms with E-state index in [2.05, 4.69) is 9.97 Å². The minimum atomic E-state index is -0.645. The van der Waals surface area contributed by atoms with Gasteiger partial charge in [-0.15, -0.1) is 22.9 Å². The summed E-state index contributed by atoms with van der Waals surface area (Å²) < 4.78 is 29.1. The Kier molecular flexibility index (Phi) is 4.17. The number of thiazole rings is 1. The van der Waals surface area contributed by atoms with Gasteiger partial charge in [-0.2, -0.15) is 0 Å². The SMILES string of the molecule is Fc1cc(F)c2nc(CCCl)n(CCc3cscn3)c2c1. The maximum absolute atomic E-state index is 13.8. The van der Waals surface area contributed by atoms with Crippen molar-refractivity contribution in [3.05, 3.63) is 46.2 Å². The van der Waals surface area contributed by atoms with Gasteiger partial charge >= 0.3 is 0 Å². The van der Waals surface area contributed by atoms with Crippen LogP contribution in [0.4, 0.5) is 8.78 Å². The number of aromatic nitrogens is 3. The van der Waals surface area contributed by atoms with E-state index in [1.165, 1.54) is 17.4 Å². The fourth-order valence-electron chi connectivity index (χ4n) is 2.31. The van der Waals surface area contributed by atoms with Crippen LogP contribution in [0, 0.1) is 11.6 Å². The summed E-state index contributed by atoms with van der Waals surface area (Å²) in [6.45, 7) is 0.565. The van der Waals surface area contributed by atoms with Crippen molar-refractivity contribution in [2.45, 2.75) is 19.4 Å². The second-order valence-corrected chi connectivity index (χ2v) is 5.70. The number of imidazole rings is 1. The minimum absolute atomic E-state index is 0.190. The van der Waals surface area contributed by atoms with E-state index in [1.807, 2.05) is 9.95 Å². The van der Waals surface area contributed by atoms with Crippen LogP contribution in [-0.4, -0.2) is 20.4 Å². The lowest BCUT2D eigenvalue weighted by atomic mass is 10.2. The highest BCUT2D eigenvalue weighted by Gasteiger charge is 2.15. The summed E-state index contributed by atoms with van der Waals surface area (Å²) in [4.78, 5) is 8.48. The molecule has 110 valence electrons. The quantitative estimate of drug-likeness (QED) is 0.667. The maximum atomic E-state index is 13.8. The number of halogens is 3. The highest BCUT2D eigenvalue weighted by Crippen LogP contribution is 2.22. The summed E-state index contributed by atoms with van der Waals surface area (Å²) in [7, 11) is 0. The molecule has 0 atom stereocenters. The van der Waals surface area contributed by atoms with E-state index in [0.29, 0.717) is 36.6 Å². The maximum Gasteiger partial charge on any atom is 0.153 e. The van der Waals surface area contributed by atoms with Crippen molar-refractivity contribution in [3.8, 4) is 0 Å². The lowest BCUT2D eigenvalue weighted by Crippen LogP contribution is -2.07. The van der Waals surface area contributed by atoms with Crippen molar-refractivity contribution in [1.82, 2.24) is 14.5 Å². The summed E-state index contributed by atoms with van der Waals surface area (Å²) in [6.07, 6.45) is 1.19. The number of alkyl halides is 1. The van der Waals surface area contributed by atoms with Crippen LogP contribution in [0.15, 0.2) is 23.0 Å². The number of rotatable bonds is 5. The fraction of sp³-hybridized carbons (Fsp3) is 0.286. The monoisotopic (exact) mass is 327 g/mol. The Morgan fingerprint density at radius 2 is 2.10 bits per heavy atom. The van der Waals surface area contributed by atoms with Crippen LogP contribution in [0.25, 0.3) is 11.0 Å². The Morgan fingerprint density at radius 1 is 1.24 bits per heavy atom. The van der Waals surface area contributed by atoms with Crippen molar-refractivity contribution in [3.63, 3.8) is 0 Å². The van der Waals surface area contributed by atoms with Crippen LogP contribution < -0.4 is 0 Å². The molecule has 3 aromatic rings. The zero-order chi connectivity index (χ0) is 14.8. The van der Waals surface area contributed by atoms with Crippen molar-refractivity contribution < 1.29 is 8.78 Å². The summed E-state index contributed by atoms with van der Waals surface area (Å²) in [6, 6.07) is 2.16. The van der Waals surface area contributed by atoms with Gasteiger partial charge in [0.1, 0.15) is 17.2 Å². The molecule has 21 heavy (non-hydrogen) atoms. The van der Waals surface area contributed by atoms with E-state index in [1.54, 1.807) is 5.51 Å². The molecule has 0 saturated heterocycles. The zero-order valence-electron chi connectivity index (χ0n) is 11.0. The molecule has 0 spiro atoms. The molecule has 0 fully saturated rings. The van der Waals surface area contributed by atoms with Crippen molar-refractivity contribution in [2.75, 3.05) is 5.88 Å². The molecule has 0 N–H and O–H groups in total. The molecule has 3 rings (SSSR count). The summed E-state index contributed by atoms with van der Waals surface area (Å²) in [5.41, 5.74) is 3.37. The van der Waals surface area contributed by atoms with Crippen LogP contribution in [-0.2, 0) is 19.4 Å². The van der Waals surface area contributed by atoms with E-state index < -0.39 is 11.6 Å². The van der Waals surface area contributed by atoms with Crippen LogP contribution in [0.1, 0.15) is 11.5 Å². The third-order valence-corrected chi connectivity index (χ3v) is 4.07. The molecule has 0 saturated carbocycles. The third kappa shape index (κ3) is 2.91.